The predicted octanol–water partition coefficient (Wildman–Crippen LogP) is 0.738. The maximum Gasteiger partial charge on any atom is 0.218 e. The summed E-state index contributed by atoms with van der Waals surface area (Å²) in [5.74, 6) is -0.0114. The number of oxime groups is 1. The van der Waals surface area contributed by atoms with Crippen molar-refractivity contribution in [2.45, 2.75) is 12.8 Å². The van der Waals surface area contributed by atoms with Gasteiger partial charge in [0.2, 0.25) is 10.0 Å². The maximum atomic E-state index is 11.8. The van der Waals surface area contributed by atoms with Crippen LogP contribution in [0, 0.1) is 0 Å². The van der Waals surface area contributed by atoms with E-state index in [2.05, 4.69) is 5.16 Å². The first-order valence-corrected chi connectivity index (χ1v) is 6.78. The minimum Gasteiger partial charge on any atom is -0.411 e. The van der Waals surface area contributed by atoms with Crippen LogP contribution in [-0.2, 0) is 10.0 Å². The van der Waals surface area contributed by atoms with Gasteiger partial charge < -0.3 is 5.21 Å². The Labute approximate surface area is 94.8 Å². The standard InChI is InChI=1S/C10H14N2O3S/c13-11-10-4-1-3-9(7-10)8-16(14,15)12-5-2-6-12/h1,3,7,13H,2,4-6,8H2. The summed E-state index contributed by atoms with van der Waals surface area (Å²) < 4.78 is 25.1. The van der Waals surface area contributed by atoms with Gasteiger partial charge in [-0.3, -0.25) is 0 Å². The molecular weight excluding hydrogens is 228 g/mol. The van der Waals surface area contributed by atoms with Gasteiger partial charge in [-0.25, -0.2) is 12.7 Å². The lowest BCUT2D eigenvalue weighted by Crippen LogP contribution is -2.43. The number of hydrogen-bond acceptors (Lipinski definition) is 4. The molecule has 2 aliphatic rings. The Morgan fingerprint density at radius 2 is 2.19 bits per heavy atom. The zero-order chi connectivity index (χ0) is 11.6. The van der Waals surface area contributed by atoms with Crippen LogP contribution in [0.2, 0.25) is 0 Å². The van der Waals surface area contributed by atoms with Crippen molar-refractivity contribution in [3.63, 3.8) is 0 Å². The Morgan fingerprint density at radius 3 is 2.75 bits per heavy atom. The average molecular weight is 242 g/mol. The molecule has 0 unspecified atom stereocenters. The van der Waals surface area contributed by atoms with E-state index < -0.39 is 10.0 Å². The Morgan fingerprint density at radius 1 is 1.44 bits per heavy atom. The lowest BCUT2D eigenvalue weighted by molar-refractivity contribution is 0.310. The molecule has 0 saturated carbocycles. The third kappa shape index (κ3) is 2.33. The summed E-state index contributed by atoms with van der Waals surface area (Å²) in [7, 11) is -3.18. The van der Waals surface area contributed by atoms with Crippen molar-refractivity contribution < 1.29 is 13.6 Å². The van der Waals surface area contributed by atoms with Gasteiger partial charge in [0.05, 0.1) is 11.5 Å². The van der Waals surface area contributed by atoms with Gasteiger partial charge in [-0.15, -0.1) is 0 Å². The largest absolute Gasteiger partial charge is 0.411 e. The molecule has 6 heteroatoms. The number of sulfonamides is 1. The molecule has 1 aliphatic carbocycles. The second-order valence-corrected chi connectivity index (χ2v) is 5.89. The average Bonchev–Trinajstić information content (AvgIpc) is 2.13. The highest BCUT2D eigenvalue weighted by molar-refractivity contribution is 7.89. The molecule has 0 spiro atoms. The Kier molecular flexibility index (Phi) is 3.11. The molecule has 2 rings (SSSR count). The molecule has 0 amide bonds. The molecule has 0 aromatic carbocycles. The molecule has 88 valence electrons. The highest BCUT2D eigenvalue weighted by atomic mass is 32.2. The Bertz CT molecular complexity index is 458. The third-order valence-corrected chi connectivity index (χ3v) is 4.55. The van der Waals surface area contributed by atoms with Crippen molar-refractivity contribution in [1.29, 1.82) is 0 Å². The smallest absolute Gasteiger partial charge is 0.218 e. The quantitative estimate of drug-likeness (QED) is 0.586. The van der Waals surface area contributed by atoms with E-state index in [4.69, 9.17) is 5.21 Å². The molecule has 5 nitrogen and oxygen atoms in total. The van der Waals surface area contributed by atoms with Crippen LogP contribution in [0.4, 0.5) is 0 Å². The summed E-state index contributed by atoms with van der Waals surface area (Å²) in [5, 5.41) is 11.7. The van der Waals surface area contributed by atoms with E-state index in [9.17, 15) is 8.42 Å². The lowest BCUT2D eigenvalue weighted by atomic mass is 10.1. The van der Waals surface area contributed by atoms with Gasteiger partial charge in [-0.2, -0.15) is 0 Å². The lowest BCUT2D eigenvalue weighted by Gasteiger charge is -2.30. The van der Waals surface area contributed by atoms with Crippen LogP contribution >= 0.6 is 0 Å². The molecule has 1 heterocycles. The van der Waals surface area contributed by atoms with Gasteiger partial charge in [0.25, 0.3) is 0 Å². The van der Waals surface area contributed by atoms with Crippen LogP contribution in [0.25, 0.3) is 0 Å². The summed E-state index contributed by atoms with van der Waals surface area (Å²) in [5.41, 5.74) is 1.17. The maximum absolute atomic E-state index is 11.8. The molecule has 1 saturated heterocycles. The van der Waals surface area contributed by atoms with Crippen molar-refractivity contribution in [2.75, 3.05) is 18.8 Å². The van der Waals surface area contributed by atoms with Crippen LogP contribution < -0.4 is 0 Å². The van der Waals surface area contributed by atoms with E-state index in [1.165, 1.54) is 4.31 Å². The molecule has 0 aromatic rings. The second kappa shape index (κ2) is 4.39. The fourth-order valence-corrected chi connectivity index (χ4v) is 3.28. The van der Waals surface area contributed by atoms with Crippen molar-refractivity contribution in [1.82, 2.24) is 4.31 Å². The van der Waals surface area contributed by atoms with Crippen molar-refractivity contribution in [3.8, 4) is 0 Å². The molecule has 1 aliphatic heterocycles. The van der Waals surface area contributed by atoms with Gasteiger partial charge >= 0.3 is 0 Å². The van der Waals surface area contributed by atoms with E-state index in [0.717, 1.165) is 6.42 Å². The number of hydrogen-bond donors (Lipinski definition) is 1. The van der Waals surface area contributed by atoms with E-state index in [0.29, 0.717) is 30.8 Å². The molecule has 0 radical (unpaired) electrons. The molecule has 16 heavy (non-hydrogen) atoms. The first-order chi connectivity index (χ1) is 7.62. The zero-order valence-electron chi connectivity index (χ0n) is 8.83. The summed E-state index contributed by atoms with van der Waals surface area (Å²) in [4.78, 5) is 0. The normalized spacial score (nSPS) is 24.2. The topological polar surface area (TPSA) is 70.0 Å². The zero-order valence-corrected chi connectivity index (χ0v) is 9.65. The summed E-state index contributed by atoms with van der Waals surface area (Å²) in [6.07, 6.45) is 6.68. The van der Waals surface area contributed by atoms with Crippen LogP contribution in [0.5, 0.6) is 0 Å². The molecule has 0 atom stereocenters. The van der Waals surface area contributed by atoms with Gasteiger partial charge in [0.15, 0.2) is 0 Å². The minimum absolute atomic E-state index is 0.0114. The van der Waals surface area contributed by atoms with E-state index in [-0.39, 0.29) is 5.75 Å². The van der Waals surface area contributed by atoms with Gasteiger partial charge in [0.1, 0.15) is 0 Å². The SMILES string of the molecule is O=S(=O)(CC1=CC(=NO)CC=C1)N1CCC1. The van der Waals surface area contributed by atoms with Gasteiger partial charge in [0, 0.05) is 19.5 Å². The van der Waals surface area contributed by atoms with E-state index >= 15 is 0 Å². The first-order valence-electron chi connectivity index (χ1n) is 5.18. The molecule has 0 bridgehead atoms. The number of allylic oxidation sites excluding steroid dienone is 3. The molecule has 1 fully saturated rings. The summed E-state index contributed by atoms with van der Waals surface area (Å²) >= 11 is 0. The third-order valence-electron chi connectivity index (χ3n) is 2.70. The van der Waals surface area contributed by atoms with Crippen LogP contribution in [0.3, 0.4) is 0 Å². The van der Waals surface area contributed by atoms with Crippen molar-refractivity contribution >= 4 is 15.7 Å². The summed E-state index contributed by atoms with van der Waals surface area (Å²) in [6, 6.07) is 0. The minimum atomic E-state index is -3.18. The highest BCUT2D eigenvalue weighted by Crippen LogP contribution is 2.17. The Hall–Kier alpha value is -1.14. The van der Waals surface area contributed by atoms with Crippen molar-refractivity contribution in [3.05, 3.63) is 23.8 Å². The number of nitrogens with zero attached hydrogens (tertiary/aromatic N) is 2. The highest BCUT2D eigenvalue weighted by Gasteiger charge is 2.28. The fourth-order valence-electron chi connectivity index (χ4n) is 1.68. The van der Waals surface area contributed by atoms with E-state index in [1.807, 2.05) is 0 Å². The fraction of sp³-hybridized carbons (Fsp3) is 0.500. The van der Waals surface area contributed by atoms with Crippen LogP contribution in [0.15, 0.2) is 29.0 Å². The molecule has 0 aromatic heterocycles. The van der Waals surface area contributed by atoms with Gasteiger partial charge in [-0.05, 0) is 18.1 Å². The molecular formula is C10H14N2O3S. The number of rotatable bonds is 3. The van der Waals surface area contributed by atoms with Crippen LogP contribution in [0.1, 0.15) is 12.8 Å². The second-order valence-electron chi connectivity index (χ2n) is 3.93. The van der Waals surface area contributed by atoms with Crippen LogP contribution in [-0.4, -0.2) is 42.5 Å². The first kappa shape index (κ1) is 11.3. The predicted molar refractivity (Wildman–Crippen MR) is 61.0 cm³/mol. The van der Waals surface area contributed by atoms with E-state index in [1.54, 1.807) is 18.2 Å². The summed E-state index contributed by atoms with van der Waals surface area (Å²) in [6.45, 7) is 1.25. The van der Waals surface area contributed by atoms with Crippen molar-refractivity contribution in [2.24, 2.45) is 5.16 Å². The Balaban J connectivity index is 2.09. The van der Waals surface area contributed by atoms with Gasteiger partial charge in [-0.1, -0.05) is 17.3 Å². The monoisotopic (exact) mass is 242 g/mol. The molecule has 1 N–H and O–H groups in total.